The molecule has 0 aliphatic carbocycles. The highest BCUT2D eigenvalue weighted by atomic mass is 19.1. The first kappa shape index (κ1) is 21.7. The van der Waals surface area contributed by atoms with Gasteiger partial charge < -0.3 is 0 Å². The van der Waals surface area contributed by atoms with Crippen molar-refractivity contribution >= 4 is 0 Å². The third-order valence-corrected chi connectivity index (χ3v) is 5.83. The summed E-state index contributed by atoms with van der Waals surface area (Å²) < 4.78 is 14.6. The second kappa shape index (κ2) is 9.04. The summed E-state index contributed by atoms with van der Waals surface area (Å²) in [5.74, 6) is 1.42. The number of rotatable bonds is 7. The first-order valence-corrected chi connectivity index (χ1v) is 10.4. The summed E-state index contributed by atoms with van der Waals surface area (Å²) in [7, 11) is 0. The van der Waals surface area contributed by atoms with E-state index in [0.717, 1.165) is 30.4 Å². The SMILES string of the molecule is CC(C)Cc1ccc(CC(C)c2cccc(CC(C)C(C)(C)C)c2)c(F)c1. The Bertz CT molecular complexity index is 736. The van der Waals surface area contributed by atoms with Crippen molar-refractivity contribution in [3.05, 3.63) is 70.5 Å². The summed E-state index contributed by atoms with van der Waals surface area (Å²) in [5.41, 5.74) is 4.91. The Labute approximate surface area is 166 Å². The molecule has 148 valence electrons. The van der Waals surface area contributed by atoms with Crippen molar-refractivity contribution in [3.63, 3.8) is 0 Å². The second-order valence-electron chi connectivity index (χ2n) is 9.85. The molecule has 2 atom stereocenters. The molecule has 0 fully saturated rings. The van der Waals surface area contributed by atoms with Crippen molar-refractivity contribution in [2.24, 2.45) is 17.3 Å². The molecule has 1 heteroatoms. The Kier molecular flexibility index (Phi) is 7.25. The van der Waals surface area contributed by atoms with Gasteiger partial charge in [0.2, 0.25) is 0 Å². The van der Waals surface area contributed by atoms with Crippen LogP contribution in [0.1, 0.15) is 76.6 Å². The van der Waals surface area contributed by atoms with Gasteiger partial charge in [-0.3, -0.25) is 0 Å². The summed E-state index contributed by atoms with van der Waals surface area (Å²) >= 11 is 0. The Morgan fingerprint density at radius 2 is 1.48 bits per heavy atom. The molecule has 0 N–H and O–H groups in total. The lowest BCUT2D eigenvalue weighted by Gasteiger charge is -2.27. The highest BCUT2D eigenvalue weighted by Gasteiger charge is 2.20. The Balaban J connectivity index is 2.10. The predicted molar refractivity (Wildman–Crippen MR) is 116 cm³/mol. The second-order valence-corrected chi connectivity index (χ2v) is 9.85. The molecule has 0 bridgehead atoms. The zero-order chi connectivity index (χ0) is 20.2. The molecular weight excluding hydrogens is 331 g/mol. The van der Waals surface area contributed by atoms with Crippen molar-refractivity contribution < 1.29 is 4.39 Å². The van der Waals surface area contributed by atoms with Gasteiger partial charge in [-0.05, 0) is 70.8 Å². The summed E-state index contributed by atoms with van der Waals surface area (Å²) in [6.45, 7) is 15.8. The van der Waals surface area contributed by atoms with Gasteiger partial charge in [0.15, 0.2) is 0 Å². The third-order valence-electron chi connectivity index (χ3n) is 5.83. The topological polar surface area (TPSA) is 0 Å². The number of hydrogen-bond acceptors (Lipinski definition) is 0. The molecule has 27 heavy (non-hydrogen) atoms. The quantitative estimate of drug-likeness (QED) is 0.472. The number of benzene rings is 2. The van der Waals surface area contributed by atoms with Crippen LogP contribution >= 0.6 is 0 Å². The van der Waals surface area contributed by atoms with E-state index in [1.807, 2.05) is 6.07 Å². The van der Waals surface area contributed by atoms with Crippen LogP contribution in [0.15, 0.2) is 42.5 Å². The maximum atomic E-state index is 14.6. The largest absolute Gasteiger partial charge is 0.207 e. The summed E-state index contributed by atoms with van der Waals surface area (Å²) in [4.78, 5) is 0. The van der Waals surface area contributed by atoms with Crippen molar-refractivity contribution in [2.45, 2.75) is 73.6 Å². The molecule has 0 aliphatic rings. The van der Waals surface area contributed by atoms with E-state index in [1.165, 1.54) is 11.1 Å². The van der Waals surface area contributed by atoms with E-state index in [1.54, 1.807) is 6.07 Å². The predicted octanol–water partition coefficient (Wildman–Crippen LogP) is 7.60. The van der Waals surface area contributed by atoms with Crippen molar-refractivity contribution in [3.8, 4) is 0 Å². The molecule has 0 saturated carbocycles. The summed E-state index contributed by atoms with van der Waals surface area (Å²) in [6, 6.07) is 14.7. The highest BCUT2D eigenvalue weighted by molar-refractivity contribution is 5.30. The van der Waals surface area contributed by atoms with Crippen molar-refractivity contribution in [1.29, 1.82) is 0 Å². The van der Waals surface area contributed by atoms with Crippen LogP contribution in [0.25, 0.3) is 0 Å². The van der Waals surface area contributed by atoms with E-state index in [2.05, 4.69) is 78.8 Å². The van der Waals surface area contributed by atoms with Gasteiger partial charge in [-0.1, -0.05) is 84.9 Å². The lowest BCUT2D eigenvalue weighted by molar-refractivity contribution is 0.260. The maximum Gasteiger partial charge on any atom is 0.126 e. The smallest absolute Gasteiger partial charge is 0.126 e. The van der Waals surface area contributed by atoms with Crippen molar-refractivity contribution in [1.82, 2.24) is 0 Å². The van der Waals surface area contributed by atoms with E-state index < -0.39 is 0 Å². The van der Waals surface area contributed by atoms with Gasteiger partial charge in [0.25, 0.3) is 0 Å². The van der Waals surface area contributed by atoms with Crippen LogP contribution < -0.4 is 0 Å². The van der Waals surface area contributed by atoms with Crippen LogP contribution in [0.4, 0.5) is 4.39 Å². The monoisotopic (exact) mass is 368 g/mol. The molecule has 0 aliphatic heterocycles. The van der Waals surface area contributed by atoms with Crippen molar-refractivity contribution in [2.75, 3.05) is 0 Å². The third kappa shape index (κ3) is 6.48. The molecule has 0 spiro atoms. The fourth-order valence-electron chi connectivity index (χ4n) is 3.49. The van der Waals surface area contributed by atoms with Crippen LogP contribution in [-0.2, 0) is 19.3 Å². The molecule has 0 radical (unpaired) electrons. The minimum atomic E-state index is -0.0579. The Morgan fingerprint density at radius 3 is 2.07 bits per heavy atom. The molecule has 2 rings (SSSR count). The van der Waals surface area contributed by atoms with Crippen LogP contribution in [0.2, 0.25) is 0 Å². The summed E-state index contributed by atoms with van der Waals surface area (Å²) in [6.07, 6.45) is 2.76. The molecule has 0 nitrogen and oxygen atoms in total. The van der Waals surface area contributed by atoms with E-state index in [-0.39, 0.29) is 5.82 Å². The average molecular weight is 369 g/mol. The maximum absolute atomic E-state index is 14.6. The fourth-order valence-corrected chi connectivity index (χ4v) is 3.49. The van der Waals surface area contributed by atoms with Crippen LogP contribution in [0.5, 0.6) is 0 Å². The number of halogens is 1. The van der Waals surface area contributed by atoms with Crippen LogP contribution in [-0.4, -0.2) is 0 Å². The normalized spacial score (nSPS) is 14.4. The molecule has 0 heterocycles. The first-order chi connectivity index (χ1) is 12.6. The average Bonchev–Trinajstić information content (AvgIpc) is 2.56. The molecule has 0 aromatic heterocycles. The standard InChI is InChI=1S/C26H37F/c1-18(2)13-22-11-12-24(25(27)17-22)14-19(3)23-10-8-9-21(16-23)15-20(4)26(5,6)7/h8-12,16-20H,13-15H2,1-7H3. The zero-order valence-corrected chi connectivity index (χ0v) is 18.3. The van der Waals surface area contributed by atoms with Gasteiger partial charge in [-0.15, -0.1) is 0 Å². The van der Waals surface area contributed by atoms with Gasteiger partial charge >= 0.3 is 0 Å². The molecule has 2 aromatic rings. The molecule has 2 aromatic carbocycles. The Morgan fingerprint density at radius 1 is 0.815 bits per heavy atom. The van der Waals surface area contributed by atoms with E-state index in [0.29, 0.717) is 23.2 Å². The van der Waals surface area contributed by atoms with Gasteiger partial charge in [0.05, 0.1) is 0 Å². The first-order valence-electron chi connectivity index (χ1n) is 10.4. The van der Waals surface area contributed by atoms with Gasteiger partial charge in [0.1, 0.15) is 5.82 Å². The highest BCUT2D eigenvalue weighted by Crippen LogP contribution is 2.30. The molecule has 0 amide bonds. The van der Waals surface area contributed by atoms with E-state index >= 15 is 0 Å². The minimum Gasteiger partial charge on any atom is -0.207 e. The van der Waals surface area contributed by atoms with Gasteiger partial charge in [-0.2, -0.15) is 0 Å². The number of hydrogen-bond donors (Lipinski definition) is 0. The van der Waals surface area contributed by atoms with E-state index in [9.17, 15) is 4.39 Å². The lowest BCUT2D eigenvalue weighted by atomic mass is 9.78. The van der Waals surface area contributed by atoms with Gasteiger partial charge in [-0.25, -0.2) is 4.39 Å². The van der Waals surface area contributed by atoms with Crippen LogP contribution in [0, 0.1) is 23.1 Å². The minimum absolute atomic E-state index is 0.0579. The van der Waals surface area contributed by atoms with E-state index in [4.69, 9.17) is 0 Å². The molecule has 2 unspecified atom stereocenters. The molecule has 0 saturated heterocycles. The molecular formula is C26H37F. The fraction of sp³-hybridized carbons (Fsp3) is 0.538. The summed E-state index contributed by atoms with van der Waals surface area (Å²) in [5, 5.41) is 0. The van der Waals surface area contributed by atoms with Gasteiger partial charge in [0, 0.05) is 0 Å². The Hall–Kier alpha value is -1.63. The lowest BCUT2D eigenvalue weighted by Crippen LogP contribution is -2.19. The van der Waals surface area contributed by atoms with Crippen LogP contribution in [0.3, 0.4) is 0 Å². The zero-order valence-electron chi connectivity index (χ0n) is 18.3.